The minimum Gasteiger partial charge on any atom is -0.377 e. The van der Waals surface area contributed by atoms with Crippen molar-refractivity contribution in [1.29, 1.82) is 0 Å². The summed E-state index contributed by atoms with van der Waals surface area (Å²) in [6, 6.07) is 3.68. The second-order valence-electron chi connectivity index (χ2n) is 3.79. The van der Waals surface area contributed by atoms with E-state index in [1.807, 2.05) is 19.2 Å². The third kappa shape index (κ3) is 3.85. The molecule has 2 heterocycles. The quantitative estimate of drug-likeness (QED) is 0.803. The molecule has 0 unspecified atom stereocenters. The van der Waals surface area contributed by atoms with E-state index >= 15 is 0 Å². The van der Waals surface area contributed by atoms with E-state index in [0.717, 1.165) is 17.3 Å². The zero-order valence-corrected chi connectivity index (χ0v) is 10.9. The van der Waals surface area contributed by atoms with Crippen molar-refractivity contribution in [3.63, 3.8) is 0 Å². The van der Waals surface area contributed by atoms with Gasteiger partial charge < -0.3 is 15.4 Å². The summed E-state index contributed by atoms with van der Waals surface area (Å²) in [6.45, 7) is 0.951. The molecule has 2 aromatic rings. The van der Waals surface area contributed by atoms with E-state index in [2.05, 4.69) is 30.6 Å². The third-order valence-corrected chi connectivity index (χ3v) is 2.40. The topological polar surface area (TPSA) is 84.9 Å². The Morgan fingerprint density at radius 1 is 1.26 bits per heavy atom. The Balaban J connectivity index is 2.08. The molecule has 2 aromatic heterocycles. The lowest BCUT2D eigenvalue weighted by Crippen LogP contribution is -2.08. The highest BCUT2D eigenvalue weighted by Gasteiger charge is 2.04. The normalized spacial score (nSPS) is 10.2. The highest BCUT2D eigenvalue weighted by Crippen LogP contribution is 2.12. The van der Waals surface area contributed by atoms with Gasteiger partial charge in [0.05, 0.1) is 12.2 Å². The number of hydrogen-bond donors (Lipinski definition) is 2. The van der Waals surface area contributed by atoms with Crippen LogP contribution in [0.5, 0.6) is 0 Å². The highest BCUT2D eigenvalue weighted by molar-refractivity contribution is 5.47. The van der Waals surface area contributed by atoms with E-state index in [0.29, 0.717) is 19.0 Å². The van der Waals surface area contributed by atoms with Crippen molar-refractivity contribution in [2.75, 3.05) is 24.8 Å². The molecule has 0 aliphatic rings. The molecule has 0 aliphatic carbocycles. The first-order valence-electron chi connectivity index (χ1n) is 5.85. The van der Waals surface area contributed by atoms with Crippen molar-refractivity contribution in [2.24, 2.45) is 0 Å². The van der Waals surface area contributed by atoms with Gasteiger partial charge in [-0.2, -0.15) is 0 Å². The predicted molar refractivity (Wildman–Crippen MR) is 71.7 cm³/mol. The van der Waals surface area contributed by atoms with Gasteiger partial charge in [-0.25, -0.2) is 19.9 Å². The van der Waals surface area contributed by atoms with Crippen molar-refractivity contribution in [1.82, 2.24) is 19.9 Å². The van der Waals surface area contributed by atoms with E-state index in [-0.39, 0.29) is 0 Å². The van der Waals surface area contributed by atoms with Gasteiger partial charge in [-0.1, -0.05) is 0 Å². The fourth-order valence-corrected chi connectivity index (χ4v) is 1.51. The largest absolute Gasteiger partial charge is 0.377 e. The number of rotatable bonds is 6. The summed E-state index contributed by atoms with van der Waals surface area (Å²) in [5, 5.41) is 6.19. The molecule has 0 spiro atoms. The molecule has 2 N–H and O–H groups in total. The maximum Gasteiger partial charge on any atom is 0.158 e. The number of aromatic nitrogens is 4. The van der Waals surface area contributed by atoms with E-state index in [1.165, 1.54) is 6.33 Å². The number of nitrogens with zero attached hydrogens (tertiary/aromatic N) is 4. The van der Waals surface area contributed by atoms with Gasteiger partial charge in [0.25, 0.3) is 0 Å². The van der Waals surface area contributed by atoms with Gasteiger partial charge in [0.15, 0.2) is 5.82 Å². The van der Waals surface area contributed by atoms with Gasteiger partial charge in [-0.15, -0.1) is 0 Å². The summed E-state index contributed by atoms with van der Waals surface area (Å²) in [6.07, 6.45) is 3.23. The molecule has 0 radical (unpaired) electrons. The predicted octanol–water partition coefficient (Wildman–Crippen LogP) is 1.07. The van der Waals surface area contributed by atoms with Gasteiger partial charge in [0.1, 0.15) is 24.6 Å². The monoisotopic (exact) mass is 260 g/mol. The molecule has 0 bridgehead atoms. The summed E-state index contributed by atoms with van der Waals surface area (Å²) >= 11 is 0. The molecule has 0 atom stereocenters. The number of methoxy groups -OCH3 is 1. The molecule has 0 amide bonds. The Kier molecular flexibility index (Phi) is 4.57. The van der Waals surface area contributed by atoms with Crippen LogP contribution in [0.3, 0.4) is 0 Å². The van der Waals surface area contributed by atoms with E-state index in [4.69, 9.17) is 4.74 Å². The molecular weight excluding hydrogens is 244 g/mol. The molecule has 0 fully saturated rings. The van der Waals surface area contributed by atoms with Gasteiger partial charge in [-0.3, -0.25) is 0 Å². The Hall–Kier alpha value is -2.28. The highest BCUT2D eigenvalue weighted by atomic mass is 16.5. The molecule has 100 valence electrons. The lowest BCUT2D eigenvalue weighted by molar-refractivity contribution is 0.178. The van der Waals surface area contributed by atoms with Crippen LogP contribution in [0.4, 0.5) is 11.6 Å². The van der Waals surface area contributed by atoms with Gasteiger partial charge >= 0.3 is 0 Å². The fraction of sp³-hybridized carbons (Fsp3) is 0.333. The summed E-state index contributed by atoms with van der Waals surface area (Å²) in [5.41, 5.74) is 0.896. The maximum absolute atomic E-state index is 5.04. The molecule has 2 rings (SSSR count). The Labute approximate surface area is 111 Å². The molecule has 0 saturated carbocycles. The number of hydrogen-bond acceptors (Lipinski definition) is 7. The van der Waals surface area contributed by atoms with Gasteiger partial charge in [0.2, 0.25) is 0 Å². The first kappa shape index (κ1) is 13.2. The van der Waals surface area contributed by atoms with Crippen molar-refractivity contribution in [3.8, 4) is 0 Å². The number of ether oxygens (including phenoxy) is 1. The maximum atomic E-state index is 5.04. The average Bonchev–Trinajstić information content (AvgIpc) is 2.46. The van der Waals surface area contributed by atoms with Crippen molar-refractivity contribution >= 4 is 11.6 Å². The third-order valence-electron chi connectivity index (χ3n) is 2.40. The SMILES string of the molecule is CNc1cc(NCc2ccncn2)nc(COC)n1. The minimum atomic E-state index is 0.373. The van der Waals surface area contributed by atoms with Crippen LogP contribution in [-0.2, 0) is 17.9 Å². The number of nitrogens with one attached hydrogen (secondary N) is 2. The first-order chi connectivity index (χ1) is 9.31. The molecule has 0 aromatic carbocycles. The van der Waals surface area contributed by atoms with Crippen LogP contribution in [0, 0.1) is 0 Å². The van der Waals surface area contributed by atoms with Crippen LogP contribution in [0.15, 0.2) is 24.7 Å². The molecular formula is C12H16N6O. The molecule has 19 heavy (non-hydrogen) atoms. The summed E-state index contributed by atoms with van der Waals surface area (Å²) in [4.78, 5) is 16.7. The standard InChI is InChI=1S/C12H16N6O/c1-13-10-5-11(18-12(17-10)7-19-2)15-6-9-3-4-14-8-16-9/h3-5,8H,6-7H2,1-2H3,(H2,13,15,17,18). The Morgan fingerprint density at radius 3 is 2.79 bits per heavy atom. The second kappa shape index (κ2) is 6.60. The number of anilines is 2. The van der Waals surface area contributed by atoms with Crippen molar-refractivity contribution in [3.05, 3.63) is 36.2 Å². The minimum absolute atomic E-state index is 0.373. The van der Waals surface area contributed by atoms with Crippen LogP contribution < -0.4 is 10.6 Å². The lowest BCUT2D eigenvalue weighted by Gasteiger charge is -2.09. The van der Waals surface area contributed by atoms with Gasteiger partial charge in [-0.05, 0) is 6.07 Å². The molecule has 7 nitrogen and oxygen atoms in total. The van der Waals surface area contributed by atoms with Gasteiger partial charge in [0, 0.05) is 26.4 Å². The summed E-state index contributed by atoms with van der Waals surface area (Å²) in [5.74, 6) is 2.09. The average molecular weight is 260 g/mol. The molecule has 0 saturated heterocycles. The first-order valence-corrected chi connectivity index (χ1v) is 5.85. The van der Waals surface area contributed by atoms with Crippen LogP contribution in [0.25, 0.3) is 0 Å². The Morgan fingerprint density at radius 2 is 2.11 bits per heavy atom. The van der Waals surface area contributed by atoms with Crippen LogP contribution in [0.1, 0.15) is 11.5 Å². The van der Waals surface area contributed by atoms with Crippen molar-refractivity contribution < 1.29 is 4.74 Å². The van der Waals surface area contributed by atoms with Crippen molar-refractivity contribution in [2.45, 2.75) is 13.2 Å². The molecule has 0 aliphatic heterocycles. The van der Waals surface area contributed by atoms with E-state index in [9.17, 15) is 0 Å². The van der Waals surface area contributed by atoms with E-state index < -0.39 is 0 Å². The van der Waals surface area contributed by atoms with E-state index in [1.54, 1.807) is 13.3 Å². The second-order valence-corrected chi connectivity index (χ2v) is 3.79. The summed E-state index contributed by atoms with van der Waals surface area (Å²) in [7, 11) is 3.43. The fourth-order valence-electron chi connectivity index (χ4n) is 1.51. The Bertz CT molecular complexity index is 519. The lowest BCUT2D eigenvalue weighted by atomic mass is 10.4. The zero-order chi connectivity index (χ0) is 13.5. The molecule has 7 heteroatoms. The van der Waals surface area contributed by atoms with Crippen LogP contribution in [0.2, 0.25) is 0 Å². The van der Waals surface area contributed by atoms with Crippen LogP contribution >= 0.6 is 0 Å². The van der Waals surface area contributed by atoms with Crippen LogP contribution in [-0.4, -0.2) is 34.1 Å². The zero-order valence-electron chi connectivity index (χ0n) is 10.9. The smallest absolute Gasteiger partial charge is 0.158 e. The summed E-state index contributed by atoms with van der Waals surface area (Å²) < 4.78 is 5.04.